The van der Waals surface area contributed by atoms with Crippen LogP contribution in [0.25, 0.3) is 0 Å². The number of hydrogen-bond donors (Lipinski definition) is 3. The fourth-order valence-corrected chi connectivity index (χ4v) is 4.49. The van der Waals surface area contributed by atoms with Crippen LogP contribution in [0.2, 0.25) is 5.02 Å². The summed E-state index contributed by atoms with van der Waals surface area (Å²) in [5.74, 6) is 0.507. The highest BCUT2D eigenvalue weighted by Gasteiger charge is 2.33. The molecule has 10 heteroatoms. The Kier molecular flexibility index (Phi) is 7.94. The maximum atomic E-state index is 13.0. The lowest BCUT2D eigenvalue weighted by atomic mass is 9.80. The van der Waals surface area contributed by atoms with Gasteiger partial charge >= 0.3 is 0 Å². The SMILES string of the molecule is CNC(=O)c1ccccc1Nc1nc(Nc2ccc3c(c2)N(CCOC)C(=O)CCC3(C)C)ncc1Cl. The van der Waals surface area contributed by atoms with Gasteiger partial charge < -0.3 is 25.6 Å². The molecule has 194 valence electrons. The van der Waals surface area contributed by atoms with E-state index in [0.717, 1.165) is 23.4 Å². The zero-order valence-corrected chi connectivity index (χ0v) is 22.1. The topological polar surface area (TPSA) is 108 Å². The number of carbonyl (C=O) groups is 2. The summed E-state index contributed by atoms with van der Waals surface area (Å²) >= 11 is 6.37. The number of halogens is 1. The van der Waals surface area contributed by atoms with E-state index in [-0.39, 0.29) is 17.2 Å². The number of rotatable bonds is 8. The molecule has 2 aromatic carbocycles. The monoisotopic (exact) mass is 522 g/mol. The quantitative estimate of drug-likeness (QED) is 0.381. The van der Waals surface area contributed by atoms with Gasteiger partial charge in [0.15, 0.2) is 5.82 Å². The fraction of sp³-hybridized carbons (Fsp3) is 0.333. The number of hydrogen-bond acceptors (Lipinski definition) is 7. The van der Waals surface area contributed by atoms with Crippen LogP contribution < -0.4 is 20.9 Å². The lowest BCUT2D eigenvalue weighted by Crippen LogP contribution is -2.33. The molecule has 0 fully saturated rings. The molecule has 3 aromatic rings. The Morgan fingerprint density at radius 3 is 2.73 bits per heavy atom. The maximum absolute atomic E-state index is 13.0. The average Bonchev–Trinajstić information content (AvgIpc) is 2.98. The molecule has 0 aliphatic carbocycles. The van der Waals surface area contributed by atoms with Crippen LogP contribution in [0.15, 0.2) is 48.7 Å². The minimum atomic E-state index is -0.230. The van der Waals surface area contributed by atoms with E-state index in [4.69, 9.17) is 16.3 Å². The molecule has 3 N–H and O–H groups in total. The molecule has 0 spiro atoms. The van der Waals surface area contributed by atoms with E-state index in [1.165, 1.54) is 6.20 Å². The van der Waals surface area contributed by atoms with Crippen molar-refractivity contribution in [3.63, 3.8) is 0 Å². The summed E-state index contributed by atoms with van der Waals surface area (Å²) in [4.78, 5) is 35.9. The van der Waals surface area contributed by atoms with E-state index in [2.05, 4.69) is 39.8 Å². The Bertz CT molecular complexity index is 1310. The molecular weight excluding hydrogens is 492 g/mol. The summed E-state index contributed by atoms with van der Waals surface area (Å²) in [5.41, 5.74) is 3.55. The Balaban J connectivity index is 1.65. The van der Waals surface area contributed by atoms with E-state index in [1.807, 2.05) is 24.3 Å². The molecule has 37 heavy (non-hydrogen) atoms. The molecule has 0 saturated heterocycles. The number of nitrogens with zero attached hydrogens (tertiary/aromatic N) is 3. The molecule has 1 aromatic heterocycles. The zero-order chi connectivity index (χ0) is 26.6. The van der Waals surface area contributed by atoms with Gasteiger partial charge in [-0.15, -0.1) is 0 Å². The normalized spacial score (nSPS) is 14.5. The van der Waals surface area contributed by atoms with Gasteiger partial charge in [-0.3, -0.25) is 9.59 Å². The summed E-state index contributed by atoms with van der Waals surface area (Å²) in [6, 6.07) is 13.0. The number of nitrogens with one attached hydrogen (secondary N) is 3. The highest BCUT2D eigenvalue weighted by Crippen LogP contribution is 2.41. The van der Waals surface area contributed by atoms with Gasteiger partial charge in [-0.25, -0.2) is 4.98 Å². The molecule has 1 aliphatic heterocycles. The van der Waals surface area contributed by atoms with Gasteiger partial charge in [0.25, 0.3) is 5.91 Å². The number of anilines is 5. The minimum absolute atomic E-state index is 0.0741. The molecule has 2 amide bonds. The predicted octanol–water partition coefficient (Wildman–Crippen LogP) is 5.03. The number of ether oxygens (including phenoxy) is 1. The number of benzene rings is 2. The van der Waals surface area contributed by atoms with Crippen LogP contribution in [-0.2, 0) is 14.9 Å². The standard InChI is InChI=1S/C27H31ClN6O3/c1-27(2)12-11-23(35)34(13-14-37-4)22-15-17(9-10-19(22)27)31-26-30-16-20(28)24(33-26)32-21-8-6-5-7-18(21)25(36)29-3/h5-10,15-16H,11-14H2,1-4H3,(H,29,36)(H2,30,31,32,33). The number of carbonyl (C=O) groups excluding carboxylic acids is 2. The van der Waals surface area contributed by atoms with Crippen molar-refractivity contribution in [2.45, 2.75) is 32.1 Å². The third kappa shape index (κ3) is 5.84. The van der Waals surface area contributed by atoms with Crippen LogP contribution in [0.5, 0.6) is 0 Å². The van der Waals surface area contributed by atoms with E-state index in [9.17, 15) is 9.59 Å². The second kappa shape index (κ2) is 11.1. The van der Waals surface area contributed by atoms with E-state index in [1.54, 1.807) is 37.3 Å². The summed E-state index contributed by atoms with van der Waals surface area (Å²) in [6.07, 6.45) is 2.73. The Labute approximate surface area is 221 Å². The van der Waals surface area contributed by atoms with Gasteiger partial charge in [-0.05, 0) is 41.7 Å². The molecule has 0 unspecified atom stereocenters. The van der Waals surface area contributed by atoms with Gasteiger partial charge in [-0.1, -0.05) is 43.6 Å². The van der Waals surface area contributed by atoms with Gasteiger partial charge in [0.1, 0.15) is 5.02 Å². The van der Waals surface area contributed by atoms with Crippen LogP contribution >= 0.6 is 11.6 Å². The second-order valence-corrected chi connectivity index (χ2v) is 9.83. The molecule has 0 radical (unpaired) electrons. The first kappa shape index (κ1) is 26.4. The summed E-state index contributed by atoms with van der Waals surface area (Å²) in [5, 5.41) is 9.29. The van der Waals surface area contributed by atoms with Crippen molar-refractivity contribution in [3.8, 4) is 0 Å². The van der Waals surface area contributed by atoms with E-state index < -0.39 is 0 Å². The summed E-state index contributed by atoms with van der Waals surface area (Å²) < 4.78 is 5.26. The summed E-state index contributed by atoms with van der Waals surface area (Å²) in [7, 11) is 3.20. The smallest absolute Gasteiger partial charge is 0.253 e. The number of amides is 2. The predicted molar refractivity (Wildman–Crippen MR) is 146 cm³/mol. The molecular formula is C27H31ClN6O3. The lowest BCUT2D eigenvalue weighted by Gasteiger charge is -2.28. The number of fused-ring (bicyclic) bond motifs is 1. The van der Waals surface area contributed by atoms with Gasteiger partial charge in [0.2, 0.25) is 11.9 Å². The van der Waals surface area contributed by atoms with Crippen molar-refractivity contribution in [1.29, 1.82) is 0 Å². The first-order valence-corrected chi connectivity index (χ1v) is 12.4. The first-order valence-electron chi connectivity index (χ1n) is 12.0. The van der Waals surface area contributed by atoms with E-state index >= 15 is 0 Å². The third-order valence-electron chi connectivity index (χ3n) is 6.45. The number of aromatic nitrogens is 2. The highest BCUT2D eigenvalue weighted by atomic mass is 35.5. The Morgan fingerprint density at radius 1 is 1.19 bits per heavy atom. The van der Waals surface area contributed by atoms with Gasteiger partial charge in [0.05, 0.1) is 24.1 Å². The van der Waals surface area contributed by atoms with Crippen molar-refractivity contribution < 1.29 is 14.3 Å². The van der Waals surface area contributed by atoms with Gasteiger partial charge in [0, 0.05) is 38.5 Å². The highest BCUT2D eigenvalue weighted by molar-refractivity contribution is 6.33. The average molecular weight is 523 g/mol. The Hall–Kier alpha value is -3.69. The number of methoxy groups -OCH3 is 1. The minimum Gasteiger partial charge on any atom is -0.383 e. The van der Waals surface area contributed by atoms with Crippen LogP contribution in [0.3, 0.4) is 0 Å². The van der Waals surface area contributed by atoms with Crippen molar-refractivity contribution >= 4 is 52.2 Å². The van der Waals surface area contributed by atoms with Crippen molar-refractivity contribution in [2.24, 2.45) is 0 Å². The van der Waals surface area contributed by atoms with Gasteiger partial charge in [-0.2, -0.15) is 4.98 Å². The van der Waals surface area contributed by atoms with Crippen molar-refractivity contribution in [1.82, 2.24) is 15.3 Å². The van der Waals surface area contributed by atoms with Crippen LogP contribution in [0.4, 0.5) is 28.8 Å². The largest absolute Gasteiger partial charge is 0.383 e. The van der Waals surface area contributed by atoms with E-state index in [0.29, 0.717) is 47.6 Å². The summed E-state index contributed by atoms with van der Waals surface area (Å²) in [6.45, 7) is 5.22. The second-order valence-electron chi connectivity index (χ2n) is 9.42. The lowest BCUT2D eigenvalue weighted by molar-refractivity contribution is -0.118. The van der Waals surface area contributed by atoms with Crippen LogP contribution in [0, 0.1) is 0 Å². The molecule has 0 bridgehead atoms. The van der Waals surface area contributed by atoms with Crippen LogP contribution in [0.1, 0.15) is 42.6 Å². The molecule has 4 rings (SSSR count). The van der Waals surface area contributed by atoms with Crippen LogP contribution in [-0.4, -0.2) is 49.1 Å². The zero-order valence-electron chi connectivity index (χ0n) is 21.4. The molecule has 0 saturated carbocycles. The van der Waals surface area contributed by atoms with Crippen molar-refractivity contribution in [2.75, 3.05) is 42.8 Å². The number of para-hydroxylation sites is 1. The molecule has 1 aliphatic rings. The Morgan fingerprint density at radius 2 is 1.97 bits per heavy atom. The fourth-order valence-electron chi connectivity index (χ4n) is 4.35. The maximum Gasteiger partial charge on any atom is 0.253 e. The van der Waals surface area contributed by atoms with Crippen molar-refractivity contribution in [3.05, 3.63) is 64.8 Å². The molecule has 9 nitrogen and oxygen atoms in total. The first-order chi connectivity index (χ1) is 17.7. The molecule has 0 atom stereocenters. The molecule has 2 heterocycles. The third-order valence-corrected chi connectivity index (χ3v) is 6.73.